The topological polar surface area (TPSA) is 88.5 Å². The van der Waals surface area contributed by atoms with Crippen molar-refractivity contribution in [2.45, 2.75) is 30.7 Å². The number of carbonyl (C=O) groups excluding carboxylic acids is 1. The quantitative estimate of drug-likeness (QED) is 0.512. The van der Waals surface area contributed by atoms with Crippen molar-refractivity contribution in [1.82, 2.24) is 10.3 Å². The third-order valence-electron chi connectivity index (χ3n) is 6.16. The molecule has 2 N–H and O–H groups in total. The molecule has 0 saturated heterocycles. The van der Waals surface area contributed by atoms with E-state index in [1.54, 1.807) is 25.6 Å². The van der Waals surface area contributed by atoms with Gasteiger partial charge in [0.2, 0.25) is 5.91 Å². The summed E-state index contributed by atoms with van der Waals surface area (Å²) in [6.45, 7) is 0. The fourth-order valence-electron chi connectivity index (χ4n) is 4.29. The summed E-state index contributed by atoms with van der Waals surface area (Å²) in [6.07, 6.45) is 8.47. The summed E-state index contributed by atoms with van der Waals surface area (Å²) >= 11 is 0. The minimum atomic E-state index is -1.07. The second-order valence-electron chi connectivity index (χ2n) is 8.17. The number of nitrogens with one attached hydrogen (secondary N) is 1. The number of aromatic nitrogens is 1. The van der Waals surface area contributed by atoms with Crippen molar-refractivity contribution in [3.8, 4) is 16.9 Å². The summed E-state index contributed by atoms with van der Waals surface area (Å²) < 4.78 is 5.43. The molecule has 6 heteroatoms. The predicted molar refractivity (Wildman–Crippen MR) is 126 cm³/mol. The van der Waals surface area contributed by atoms with Crippen molar-refractivity contribution in [2.75, 3.05) is 7.11 Å². The zero-order valence-corrected chi connectivity index (χ0v) is 18.4. The first-order valence-electron chi connectivity index (χ1n) is 10.8. The number of ether oxygens (including phenoxy) is 1. The molecule has 0 unspecified atom stereocenters. The number of pyridine rings is 1. The van der Waals surface area contributed by atoms with E-state index in [2.05, 4.69) is 10.3 Å². The van der Waals surface area contributed by atoms with Crippen LogP contribution in [0.25, 0.3) is 11.1 Å². The Bertz CT molecular complexity index is 1150. The van der Waals surface area contributed by atoms with E-state index in [-0.39, 0.29) is 12.3 Å². The summed E-state index contributed by atoms with van der Waals surface area (Å²) in [7, 11) is 1.63. The van der Waals surface area contributed by atoms with Crippen molar-refractivity contribution in [3.05, 3.63) is 96.3 Å². The van der Waals surface area contributed by atoms with Gasteiger partial charge in [-0.2, -0.15) is 0 Å². The summed E-state index contributed by atoms with van der Waals surface area (Å²) in [6, 6.07) is 18.0. The molecule has 4 rings (SSSR count). The maximum Gasteiger partial charge on any atom is 0.326 e. The van der Waals surface area contributed by atoms with Gasteiger partial charge in [-0.1, -0.05) is 60.7 Å². The number of hydrogen-bond acceptors (Lipinski definition) is 4. The molecule has 1 aliphatic carbocycles. The molecule has 2 aromatic carbocycles. The maximum absolute atomic E-state index is 13.3. The maximum atomic E-state index is 13.3. The van der Waals surface area contributed by atoms with Crippen molar-refractivity contribution in [1.29, 1.82) is 0 Å². The van der Waals surface area contributed by atoms with Gasteiger partial charge in [0.05, 0.1) is 12.5 Å². The molecule has 0 spiro atoms. The smallest absolute Gasteiger partial charge is 0.326 e. The van der Waals surface area contributed by atoms with Crippen LogP contribution in [-0.2, 0) is 21.4 Å². The van der Waals surface area contributed by atoms with Crippen molar-refractivity contribution < 1.29 is 19.4 Å². The predicted octanol–water partition coefficient (Wildman–Crippen LogP) is 4.16. The normalized spacial score (nSPS) is 15.1. The zero-order valence-electron chi connectivity index (χ0n) is 18.4. The molecule has 3 aromatic rings. The van der Waals surface area contributed by atoms with Crippen molar-refractivity contribution in [2.24, 2.45) is 0 Å². The lowest BCUT2D eigenvalue weighted by Gasteiger charge is -2.29. The third-order valence-corrected chi connectivity index (χ3v) is 6.16. The highest BCUT2D eigenvalue weighted by Gasteiger charge is 2.42. The molecule has 0 aliphatic heterocycles. The Hall–Kier alpha value is -3.93. The molecule has 1 amide bonds. The van der Waals surface area contributed by atoms with Crippen LogP contribution in [0.3, 0.4) is 0 Å². The molecule has 6 nitrogen and oxygen atoms in total. The summed E-state index contributed by atoms with van der Waals surface area (Å²) in [4.78, 5) is 29.5. The number of carboxylic acid groups (broad SMARTS) is 1. The van der Waals surface area contributed by atoms with Gasteiger partial charge in [0.15, 0.2) is 0 Å². The van der Waals surface area contributed by atoms with E-state index in [4.69, 9.17) is 4.74 Å². The van der Waals surface area contributed by atoms with Gasteiger partial charge >= 0.3 is 5.97 Å². The fraction of sp³-hybridized carbons (Fsp3) is 0.222. The van der Waals surface area contributed by atoms with E-state index >= 15 is 0 Å². The van der Waals surface area contributed by atoms with Crippen LogP contribution in [0.1, 0.15) is 24.0 Å². The molecule has 0 fully saturated rings. The SMILES string of the molecule is COc1ccccc1-c1ccc(C[C@H](NC(=O)C2(c3cccnc3)CC=CC2)C(=O)O)cc1. The van der Waals surface area contributed by atoms with Gasteiger partial charge in [-0.25, -0.2) is 4.79 Å². The van der Waals surface area contributed by atoms with Crippen LogP contribution in [0, 0.1) is 0 Å². The Kier molecular flexibility index (Phi) is 6.54. The standard InChI is InChI=1S/C27H26N2O4/c1-33-24-9-3-2-8-22(24)20-12-10-19(11-13-20)17-23(25(30)31)29-26(32)27(14-4-5-15-27)21-7-6-16-28-18-21/h2-13,16,18,23H,14-15,17H2,1H3,(H,29,32)(H,30,31)/t23-/m0/s1. The first-order valence-corrected chi connectivity index (χ1v) is 10.8. The lowest BCUT2D eigenvalue weighted by Crippen LogP contribution is -2.50. The number of allylic oxidation sites excluding steroid dienone is 2. The number of aliphatic carboxylic acids is 1. The van der Waals surface area contributed by atoms with Gasteiger partial charge in [0.1, 0.15) is 11.8 Å². The highest BCUT2D eigenvalue weighted by molar-refractivity contribution is 5.92. The highest BCUT2D eigenvalue weighted by atomic mass is 16.5. The fourth-order valence-corrected chi connectivity index (χ4v) is 4.29. The van der Waals surface area contributed by atoms with E-state index in [0.717, 1.165) is 28.0 Å². The number of nitrogens with zero attached hydrogens (tertiary/aromatic N) is 1. The summed E-state index contributed by atoms with van der Waals surface area (Å²) in [5.74, 6) is -0.588. The molecule has 168 valence electrons. The van der Waals surface area contributed by atoms with Crippen LogP contribution >= 0.6 is 0 Å². The Balaban J connectivity index is 1.51. The van der Waals surface area contributed by atoms with Gasteiger partial charge in [-0.3, -0.25) is 9.78 Å². The Morgan fingerprint density at radius 2 is 1.79 bits per heavy atom. The molecular weight excluding hydrogens is 416 g/mol. The average molecular weight is 443 g/mol. The number of methoxy groups -OCH3 is 1. The Morgan fingerprint density at radius 1 is 1.06 bits per heavy atom. The third kappa shape index (κ3) is 4.65. The van der Waals surface area contributed by atoms with Crippen LogP contribution in [-0.4, -0.2) is 35.1 Å². The first kappa shape index (κ1) is 22.3. The lowest BCUT2D eigenvalue weighted by atomic mass is 9.78. The first-order chi connectivity index (χ1) is 16.0. The number of rotatable bonds is 8. The number of para-hydroxylation sites is 1. The molecule has 1 aromatic heterocycles. The van der Waals surface area contributed by atoms with Crippen LogP contribution in [0.5, 0.6) is 5.75 Å². The highest BCUT2D eigenvalue weighted by Crippen LogP contribution is 2.37. The number of carboxylic acids is 1. The molecule has 0 bridgehead atoms. The van der Waals surface area contributed by atoms with E-state index in [0.29, 0.717) is 12.8 Å². The minimum Gasteiger partial charge on any atom is -0.496 e. The largest absolute Gasteiger partial charge is 0.496 e. The van der Waals surface area contributed by atoms with E-state index in [1.165, 1.54) is 0 Å². The van der Waals surface area contributed by atoms with Crippen LogP contribution < -0.4 is 10.1 Å². The number of benzene rings is 2. The average Bonchev–Trinajstić information content (AvgIpc) is 3.36. The van der Waals surface area contributed by atoms with Crippen LogP contribution in [0.2, 0.25) is 0 Å². The molecule has 33 heavy (non-hydrogen) atoms. The lowest BCUT2D eigenvalue weighted by molar-refractivity contribution is -0.142. The second-order valence-corrected chi connectivity index (χ2v) is 8.17. The molecular formula is C27H26N2O4. The summed E-state index contributed by atoms with van der Waals surface area (Å²) in [5, 5.41) is 12.6. The minimum absolute atomic E-state index is 0.184. The van der Waals surface area contributed by atoms with Crippen LogP contribution in [0.4, 0.5) is 0 Å². The number of hydrogen-bond donors (Lipinski definition) is 2. The van der Waals surface area contributed by atoms with E-state index in [1.807, 2.05) is 66.7 Å². The molecule has 0 saturated carbocycles. The Morgan fingerprint density at radius 3 is 2.42 bits per heavy atom. The van der Waals surface area contributed by atoms with Gasteiger partial charge in [0.25, 0.3) is 0 Å². The van der Waals surface area contributed by atoms with Gasteiger partial charge in [0, 0.05) is 24.4 Å². The Labute approximate surface area is 192 Å². The molecule has 1 heterocycles. The van der Waals surface area contributed by atoms with Crippen molar-refractivity contribution in [3.63, 3.8) is 0 Å². The number of carbonyl (C=O) groups is 2. The second kappa shape index (κ2) is 9.69. The zero-order chi connectivity index (χ0) is 23.3. The monoisotopic (exact) mass is 442 g/mol. The van der Waals surface area contributed by atoms with E-state index in [9.17, 15) is 14.7 Å². The van der Waals surface area contributed by atoms with Crippen molar-refractivity contribution >= 4 is 11.9 Å². The molecule has 1 aliphatic rings. The van der Waals surface area contributed by atoms with Gasteiger partial charge < -0.3 is 15.2 Å². The summed E-state index contributed by atoms with van der Waals surface area (Å²) in [5.41, 5.74) is 2.72. The molecule has 1 atom stereocenters. The van der Waals surface area contributed by atoms with Gasteiger partial charge in [-0.15, -0.1) is 0 Å². The number of amides is 1. The van der Waals surface area contributed by atoms with Gasteiger partial charge in [-0.05, 0) is 41.7 Å². The van der Waals surface area contributed by atoms with Crippen LogP contribution in [0.15, 0.2) is 85.2 Å². The van der Waals surface area contributed by atoms with E-state index < -0.39 is 17.4 Å². The molecule has 0 radical (unpaired) electrons.